The Labute approximate surface area is 116 Å². The highest BCUT2D eigenvalue weighted by Gasteiger charge is 2.23. The molecule has 0 aromatic carbocycles. The van der Waals surface area contributed by atoms with Gasteiger partial charge in [0.2, 0.25) is 5.91 Å². The van der Waals surface area contributed by atoms with Crippen molar-refractivity contribution in [2.45, 2.75) is 49.1 Å². The fraction of sp³-hybridized carbons (Fsp3) is 0.750. The largest absolute Gasteiger partial charge is 0.342 e. The molecule has 2 heterocycles. The third-order valence-electron chi connectivity index (χ3n) is 3.05. The van der Waals surface area contributed by atoms with Gasteiger partial charge < -0.3 is 4.90 Å². The molecule has 1 amide bonds. The summed E-state index contributed by atoms with van der Waals surface area (Å²) in [6, 6.07) is 0. The van der Waals surface area contributed by atoms with E-state index in [-0.39, 0.29) is 11.2 Å². The number of amides is 1. The van der Waals surface area contributed by atoms with Crippen molar-refractivity contribution in [3.63, 3.8) is 0 Å². The predicted octanol–water partition coefficient (Wildman–Crippen LogP) is 2.73. The first-order chi connectivity index (χ1) is 8.66. The lowest BCUT2D eigenvalue weighted by Crippen LogP contribution is -2.37. The number of hydrogen-bond donors (Lipinski definition) is 0. The van der Waals surface area contributed by atoms with E-state index in [0.717, 1.165) is 35.3 Å². The van der Waals surface area contributed by atoms with Gasteiger partial charge in [-0.2, -0.15) is 0 Å². The van der Waals surface area contributed by atoms with Crippen molar-refractivity contribution in [3.8, 4) is 0 Å². The van der Waals surface area contributed by atoms with Crippen molar-refractivity contribution < 1.29 is 4.79 Å². The predicted molar refractivity (Wildman–Crippen MR) is 75.0 cm³/mol. The quantitative estimate of drug-likeness (QED) is 0.801. The summed E-state index contributed by atoms with van der Waals surface area (Å²) >= 11 is 3.08. The number of thioether (sulfide) groups is 1. The fourth-order valence-corrected chi connectivity index (χ4v) is 4.12. The van der Waals surface area contributed by atoms with E-state index in [1.807, 2.05) is 18.7 Å². The van der Waals surface area contributed by atoms with Crippen LogP contribution >= 0.6 is 23.1 Å². The second-order valence-electron chi connectivity index (χ2n) is 4.59. The summed E-state index contributed by atoms with van der Waals surface area (Å²) in [5.74, 6) is 0.245. The lowest BCUT2D eigenvalue weighted by Gasteiger charge is -2.23. The van der Waals surface area contributed by atoms with Crippen molar-refractivity contribution in [1.82, 2.24) is 15.1 Å². The molecule has 1 saturated heterocycles. The fourth-order valence-electron chi connectivity index (χ4n) is 2.08. The molecule has 1 aromatic rings. The number of carbonyl (C=O) groups is 1. The molecule has 1 fully saturated rings. The molecule has 0 aliphatic carbocycles. The molecule has 0 unspecified atom stereocenters. The summed E-state index contributed by atoms with van der Waals surface area (Å²) in [5.41, 5.74) is 0. The van der Waals surface area contributed by atoms with E-state index in [1.54, 1.807) is 11.3 Å². The number of aryl methyl sites for hydroxylation is 1. The average molecular weight is 285 g/mol. The Hall–Kier alpha value is -0.620. The van der Waals surface area contributed by atoms with Crippen LogP contribution in [-0.2, 0) is 4.79 Å². The molecule has 0 bridgehead atoms. The highest BCUT2D eigenvalue weighted by Crippen LogP contribution is 2.27. The molecular weight excluding hydrogens is 266 g/mol. The minimum atomic E-state index is -0.0598. The van der Waals surface area contributed by atoms with Gasteiger partial charge in [0.1, 0.15) is 5.01 Å². The average Bonchev–Trinajstić information content (AvgIpc) is 2.62. The molecule has 18 heavy (non-hydrogen) atoms. The van der Waals surface area contributed by atoms with Crippen molar-refractivity contribution in [3.05, 3.63) is 5.01 Å². The zero-order valence-electron chi connectivity index (χ0n) is 10.9. The number of rotatable bonds is 3. The lowest BCUT2D eigenvalue weighted by molar-refractivity contribution is -0.130. The molecule has 0 N–H and O–H groups in total. The van der Waals surface area contributed by atoms with Crippen molar-refractivity contribution in [2.24, 2.45) is 0 Å². The topological polar surface area (TPSA) is 46.1 Å². The van der Waals surface area contributed by atoms with Gasteiger partial charge in [-0.05, 0) is 26.7 Å². The standard InChI is InChI=1S/C12H19N3OS2/c1-9(17-12-14-13-10(2)18-12)11(16)15-7-5-3-4-6-8-15/h9H,3-8H2,1-2H3/t9-/m1/s1. The van der Waals surface area contributed by atoms with Crippen molar-refractivity contribution in [2.75, 3.05) is 13.1 Å². The molecular formula is C12H19N3OS2. The Morgan fingerprint density at radius 2 is 1.94 bits per heavy atom. The van der Waals surface area contributed by atoms with Crippen molar-refractivity contribution >= 4 is 29.0 Å². The highest BCUT2D eigenvalue weighted by molar-refractivity contribution is 8.02. The van der Waals surface area contributed by atoms with Gasteiger partial charge in [0, 0.05) is 13.1 Å². The molecule has 100 valence electrons. The van der Waals surface area contributed by atoms with E-state index in [9.17, 15) is 4.79 Å². The highest BCUT2D eigenvalue weighted by atomic mass is 32.2. The zero-order chi connectivity index (χ0) is 13.0. The Balaban J connectivity index is 1.91. The second kappa shape index (κ2) is 6.52. The normalized spacial score (nSPS) is 18.4. The summed E-state index contributed by atoms with van der Waals surface area (Å²) in [4.78, 5) is 14.3. The Morgan fingerprint density at radius 1 is 1.28 bits per heavy atom. The van der Waals surface area contributed by atoms with E-state index in [0.29, 0.717) is 0 Å². The maximum atomic E-state index is 12.3. The van der Waals surface area contributed by atoms with Gasteiger partial charge >= 0.3 is 0 Å². The van der Waals surface area contributed by atoms with Crippen LogP contribution in [0.15, 0.2) is 4.34 Å². The minimum Gasteiger partial charge on any atom is -0.342 e. The van der Waals surface area contributed by atoms with Crippen LogP contribution in [0.3, 0.4) is 0 Å². The van der Waals surface area contributed by atoms with E-state index in [2.05, 4.69) is 10.2 Å². The van der Waals surface area contributed by atoms with Gasteiger partial charge in [-0.3, -0.25) is 4.79 Å². The van der Waals surface area contributed by atoms with Gasteiger partial charge in [0.25, 0.3) is 0 Å². The Bertz CT molecular complexity index is 400. The second-order valence-corrected chi connectivity index (χ2v) is 7.36. The lowest BCUT2D eigenvalue weighted by atomic mass is 10.2. The number of aromatic nitrogens is 2. The third kappa shape index (κ3) is 3.68. The smallest absolute Gasteiger partial charge is 0.235 e. The molecule has 1 aliphatic heterocycles. The molecule has 1 atom stereocenters. The summed E-state index contributed by atoms with van der Waals surface area (Å²) in [7, 11) is 0. The maximum absolute atomic E-state index is 12.3. The van der Waals surface area contributed by atoms with Crippen LogP contribution in [0.4, 0.5) is 0 Å². The third-order valence-corrected chi connectivity index (χ3v) is 5.06. The molecule has 4 nitrogen and oxygen atoms in total. The molecule has 2 rings (SSSR count). The van der Waals surface area contributed by atoms with E-state index in [1.165, 1.54) is 24.6 Å². The number of nitrogens with zero attached hydrogens (tertiary/aromatic N) is 3. The summed E-state index contributed by atoms with van der Waals surface area (Å²) in [5, 5.41) is 8.93. The van der Waals surface area contributed by atoms with E-state index < -0.39 is 0 Å². The first-order valence-corrected chi connectivity index (χ1v) is 8.12. The summed E-state index contributed by atoms with van der Waals surface area (Å²) in [6.07, 6.45) is 4.78. The van der Waals surface area contributed by atoms with E-state index in [4.69, 9.17) is 0 Å². The van der Waals surface area contributed by atoms with Crippen LogP contribution in [0.1, 0.15) is 37.6 Å². The van der Waals surface area contributed by atoms with Crippen LogP contribution in [0.2, 0.25) is 0 Å². The van der Waals surface area contributed by atoms with Crippen LogP contribution < -0.4 is 0 Å². The molecule has 6 heteroatoms. The van der Waals surface area contributed by atoms with Crippen molar-refractivity contribution in [1.29, 1.82) is 0 Å². The Kier molecular flexibility index (Phi) is 5.00. The maximum Gasteiger partial charge on any atom is 0.235 e. The minimum absolute atomic E-state index is 0.0598. The van der Waals surface area contributed by atoms with Gasteiger partial charge in [-0.15, -0.1) is 10.2 Å². The first kappa shape index (κ1) is 13.8. The summed E-state index contributed by atoms with van der Waals surface area (Å²) in [6.45, 7) is 5.73. The monoisotopic (exact) mass is 285 g/mol. The summed E-state index contributed by atoms with van der Waals surface area (Å²) < 4.78 is 0.892. The Morgan fingerprint density at radius 3 is 2.50 bits per heavy atom. The van der Waals surface area contributed by atoms with Crippen LogP contribution in [0, 0.1) is 6.92 Å². The SMILES string of the molecule is Cc1nnc(S[C@H](C)C(=O)N2CCCCCC2)s1. The number of carbonyl (C=O) groups excluding carboxylic acids is 1. The van der Waals surface area contributed by atoms with Gasteiger partial charge in [0.05, 0.1) is 5.25 Å². The molecule has 0 saturated carbocycles. The molecule has 0 spiro atoms. The van der Waals surface area contributed by atoms with Gasteiger partial charge in [0.15, 0.2) is 4.34 Å². The van der Waals surface area contributed by atoms with E-state index >= 15 is 0 Å². The molecule has 1 aliphatic rings. The van der Waals surface area contributed by atoms with Gasteiger partial charge in [-0.1, -0.05) is 35.9 Å². The zero-order valence-corrected chi connectivity index (χ0v) is 12.5. The van der Waals surface area contributed by atoms with Crippen LogP contribution in [0.5, 0.6) is 0 Å². The number of likely N-dealkylation sites (tertiary alicyclic amines) is 1. The molecule has 1 aromatic heterocycles. The molecule has 0 radical (unpaired) electrons. The number of hydrogen-bond acceptors (Lipinski definition) is 5. The first-order valence-electron chi connectivity index (χ1n) is 6.42. The van der Waals surface area contributed by atoms with Crippen LogP contribution in [-0.4, -0.2) is 39.3 Å². The van der Waals surface area contributed by atoms with Gasteiger partial charge in [-0.25, -0.2) is 0 Å². The van der Waals surface area contributed by atoms with Crippen LogP contribution in [0.25, 0.3) is 0 Å².